The Morgan fingerprint density at radius 2 is 2.19 bits per heavy atom. The van der Waals surface area contributed by atoms with Gasteiger partial charge in [0.25, 0.3) is 0 Å². The van der Waals surface area contributed by atoms with Crippen LogP contribution in [0, 0.1) is 0 Å². The third kappa shape index (κ3) is 2.88. The molecule has 4 nitrogen and oxygen atoms in total. The summed E-state index contributed by atoms with van der Waals surface area (Å²) in [5, 5.41) is 0. The van der Waals surface area contributed by atoms with Gasteiger partial charge in [0.2, 0.25) is 0 Å². The highest BCUT2D eigenvalue weighted by Gasteiger charge is 2.40. The molecule has 0 N–H and O–H groups in total. The summed E-state index contributed by atoms with van der Waals surface area (Å²) in [6.07, 6.45) is -0.0967. The van der Waals surface area contributed by atoms with E-state index in [9.17, 15) is 18.4 Å². The van der Waals surface area contributed by atoms with Crippen molar-refractivity contribution in [1.29, 1.82) is 0 Å². The van der Waals surface area contributed by atoms with Crippen LogP contribution in [0.1, 0.15) is 23.4 Å². The minimum Gasteiger partial charge on any atom is -0.465 e. The maximum atomic E-state index is 13.0. The molecule has 0 amide bonds. The summed E-state index contributed by atoms with van der Waals surface area (Å²) in [7, 11) is 0.866. The van der Waals surface area contributed by atoms with E-state index in [0.29, 0.717) is 0 Å². The third-order valence-electron chi connectivity index (χ3n) is 1.95. The molecule has 1 aromatic heterocycles. The smallest absolute Gasteiger partial charge is 0.376 e. The lowest BCUT2D eigenvalue weighted by Gasteiger charge is -2.11. The summed E-state index contributed by atoms with van der Waals surface area (Å²) < 4.78 is 34.6. The van der Waals surface area contributed by atoms with Gasteiger partial charge in [0.15, 0.2) is 11.5 Å². The van der Waals surface area contributed by atoms with E-state index in [4.69, 9.17) is 4.42 Å². The fourth-order valence-electron chi connectivity index (χ4n) is 1.08. The molecule has 88 valence electrons. The largest absolute Gasteiger partial charge is 0.465 e. The SMILES string of the molecule is COC(=O)C(F)(F)CCC(=O)c1ccco1. The second kappa shape index (κ2) is 4.87. The van der Waals surface area contributed by atoms with Crippen LogP contribution in [-0.2, 0) is 9.53 Å². The van der Waals surface area contributed by atoms with Crippen LogP contribution in [0.15, 0.2) is 22.8 Å². The zero-order valence-electron chi connectivity index (χ0n) is 8.54. The van der Waals surface area contributed by atoms with Gasteiger partial charge in [-0.15, -0.1) is 0 Å². The molecule has 0 radical (unpaired) electrons. The predicted octanol–water partition coefficient (Wildman–Crippen LogP) is 2.05. The first-order chi connectivity index (χ1) is 7.47. The van der Waals surface area contributed by atoms with Gasteiger partial charge in [-0.1, -0.05) is 0 Å². The molecule has 0 aromatic carbocycles. The van der Waals surface area contributed by atoms with E-state index < -0.39 is 30.5 Å². The molecule has 1 rings (SSSR count). The summed E-state index contributed by atoms with van der Waals surface area (Å²) in [4.78, 5) is 21.9. The van der Waals surface area contributed by atoms with Crippen molar-refractivity contribution >= 4 is 11.8 Å². The molecule has 0 spiro atoms. The average Bonchev–Trinajstić information content (AvgIpc) is 2.78. The lowest BCUT2D eigenvalue weighted by atomic mass is 10.1. The van der Waals surface area contributed by atoms with Crippen LogP contribution in [0.3, 0.4) is 0 Å². The summed E-state index contributed by atoms with van der Waals surface area (Å²) >= 11 is 0. The first kappa shape index (κ1) is 12.4. The summed E-state index contributed by atoms with van der Waals surface area (Å²) in [5.74, 6) is -5.86. The van der Waals surface area contributed by atoms with E-state index in [1.807, 2.05) is 0 Å². The highest BCUT2D eigenvalue weighted by molar-refractivity contribution is 5.93. The number of esters is 1. The summed E-state index contributed by atoms with van der Waals surface area (Å²) in [6.45, 7) is 0. The van der Waals surface area contributed by atoms with E-state index >= 15 is 0 Å². The number of hydrogen-bond donors (Lipinski definition) is 0. The molecule has 16 heavy (non-hydrogen) atoms. The molecule has 0 unspecified atom stereocenters. The van der Waals surface area contributed by atoms with Gasteiger partial charge in [-0.2, -0.15) is 8.78 Å². The van der Waals surface area contributed by atoms with Gasteiger partial charge in [-0.3, -0.25) is 4.79 Å². The molecule has 0 aliphatic heterocycles. The van der Waals surface area contributed by atoms with E-state index in [-0.39, 0.29) is 5.76 Å². The number of rotatable bonds is 5. The number of ketones is 1. The molecule has 0 fully saturated rings. The van der Waals surface area contributed by atoms with Crippen molar-refractivity contribution < 1.29 is 27.5 Å². The lowest BCUT2D eigenvalue weighted by molar-refractivity contribution is -0.169. The molecular formula is C10H10F2O4. The summed E-state index contributed by atoms with van der Waals surface area (Å²) in [6, 6.07) is 2.85. The predicted molar refractivity (Wildman–Crippen MR) is 49.2 cm³/mol. The molecule has 0 saturated heterocycles. The second-order valence-corrected chi connectivity index (χ2v) is 3.10. The lowest BCUT2D eigenvalue weighted by Crippen LogP contribution is -2.30. The van der Waals surface area contributed by atoms with Gasteiger partial charge in [0.05, 0.1) is 13.4 Å². The Hall–Kier alpha value is -1.72. The Morgan fingerprint density at radius 1 is 1.50 bits per heavy atom. The number of carbonyl (C=O) groups excluding carboxylic acids is 2. The van der Waals surface area contributed by atoms with E-state index in [0.717, 1.165) is 7.11 Å². The Bertz CT molecular complexity index is 370. The maximum Gasteiger partial charge on any atom is 0.376 e. The Labute approximate surface area is 90.2 Å². The fraction of sp³-hybridized carbons (Fsp3) is 0.400. The molecule has 0 bridgehead atoms. The van der Waals surface area contributed by atoms with Gasteiger partial charge >= 0.3 is 11.9 Å². The number of carbonyl (C=O) groups is 2. The molecule has 0 atom stereocenters. The van der Waals surface area contributed by atoms with E-state index in [1.165, 1.54) is 18.4 Å². The van der Waals surface area contributed by atoms with Gasteiger partial charge in [0.1, 0.15) is 0 Å². The number of Topliss-reactive ketones (excluding diaryl/α,β-unsaturated/α-hetero) is 1. The fourth-order valence-corrected chi connectivity index (χ4v) is 1.08. The maximum absolute atomic E-state index is 13.0. The normalized spacial score (nSPS) is 11.2. The van der Waals surface area contributed by atoms with Crippen molar-refractivity contribution in [3.05, 3.63) is 24.2 Å². The number of methoxy groups -OCH3 is 1. The van der Waals surface area contributed by atoms with Crippen LogP contribution in [0.4, 0.5) is 8.78 Å². The average molecular weight is 232 g/mol. The van der Waals surface area contributed by atoms with Crippen LogP contribution >= 0.6 is 0 Å². The molecule has 1 heterocycles. The van der Waals surface area contributed by atoms with Crippen LogP contribution < -0.4 is 0 Å². The van der Waals surface area contributed by atoms with Crippen LogP contribution in [0.25, 0.3) is 0 Å². The molecule has 1 aromatic rings. The highest BCUT2D eigenvalue weighted by Crippen LogP contribution is 2.23. The van der Waals surface area contributed by atoms with Gasteiger partial charge in [0, 0.05) is 12.8 Å². The zero-order valence-corrected chi connectivity index (χ0v) is 8.54. The number of ether oxygens (including phenoxy) is 1. The van der Waals surface area contributed by atoms with Gasteiger partial charge < -0.3 is 9.15 Å². The molecule has 0 saturated carbocycles. The Morgan fingerprint density at radius 3 is 2.69 bits per heavy atom. The molecule has 6 heteroatoms. The first-order valence-corrected chi connectivity index (χ1v) is 4.50. The number of alkyl halides is 2. The minimum atomic E-state index is -3.64. The van der Waals surface area contributed by atoms with Crippen molar-refractivity contribution in [2.45, 2.75) is 18.8 Å². The topological polar surface area (TPSA) is 56.5 Å². The van der Waals surface area contributed by atoms with Crippen molar-refractivity contribution in [3.8, 4) is 0 Å². The third-order valence-corrected chi connectivity index (χ3v) is 1.95. The monoisotopic (exact) mass is 232 g/mol. The van der Waals surface area contributed by atoms with E-state index in [2.05, 4.69) is 4.74 Å². The summed E-state index contributed by atoms with van der Waals surface area (Å²) in [5.41, 5.74) is 0. The van der Waals surface area contributed by atoms with Gasteiger partial charge in [-0.25, -0.2) is 4.79 Å². The van der Waals surface area contributed by atoms with Crippen LogP contribution in [0.5, 0.6) is 0 Å². The quantitative estimate of drug-likeness (QED) is 0.575. The van der Waals surface area contributed by atoms with Crippen molar-refractivity contribution in [2.24, 2.45) is 0 Å². The van der Waals surface area contributed by atoms with Crippen LogP contribution in [-0.4, -0.2) is 24.8 Å². The van der Waals surface area contributed by atoms with Crippen LogP contribution in [0.2, 0.25) is 0 Å². The number of hydrogen-bond acceptors (Lipinski definition) is 4. The highest BCUT2D eigenvalue weighted by atomic mass is 19.3. The van der Waals surface area contributed by atoms with Crippen molar-refractivity contribution in [2.75, 3.05) is 7.11 Å². The van der Waals surface area contributed by atoms with Crippen molar-refractivity contribution in [1.82, 2.24) is 0 Å². The number of furan rings is 1. The first-order valence-electron chi connectivity index (χ1n) is 4.50. The Kier molecular flexibility index (Phi) is 3.76. The molecule has 0 aliphatic rings. The number of halogens is 2. The standard InChI is InChI=1S/C10H10F2O4/c1-15-9(14)10(11,12)5-4-7(13)8-3-2-6-16-8/h2-3,6H,4-5H2,1H3. The molecular weight excluding hydrogens is 222 g/mol. The van der Waals surface area contributed by atoms with E-state index in [1.54, 1.807) is 0 Å². The Balaban J connectivity index is 2.52. The minimum absolute atomic E-state index is 0.000616. The van der Waals surface area contributed by atoms with Crippen molar-refractivity contribution in [3.63, 3.8) is 0 Å². The molecule has 0 aliphatic carbocycles. The van der Waals surface area contributed by atoms with Gasteiger partial charge in [-0.05, 0) is 12.1 Å². The second-order valence-electron chi connectivity index (χ2n) is 3.10. The zero-order chi connectivity index (χ0) is 12.2.